The van der Waals surface area contributed by atoms with Crippen LogP contribution in [-0.4, -0.2) is 62.3 Å². The molecule has 0 radical (unpaired) electrons. The maximum Gasteiger partial charge on any atom is 0.317 e. The molecule has 2 aliphatic heterocycles. The van der Waals surface area contributed by atoms with E-state index in [-0.39, 0.29) is 24.0 Å². The second kappa shape index (κ2) is 9.96. The van der Waals surface area contributed by atoms with Crippen molar-refractivity contribution in [3.05, 3.63) is 29.3 Å². The average molecular weight is 404 g/mol. The number of rotatable bonds is 6. The number of nitrogens with one attached hydrogen (secondary N) is 2. The first-order valence-electron chi connectivity index (χ1n) is 10.6. The third-order valence-corrected chi connectivity index (χ3v) is 5.59. The van der Waals surface area contributed by atoms with Crippen LogP contribution in [0.3, 0.4) is 0 Å². The number of methoxy groups -OCH3 is 1. The molecule has 1 aromatic carbocycles. The average Bonchev–Trinajstić information content (AvgIpc) is 3.17. The van der Waals surface area contributed by atoms with E-state index < -0.39 is 0 Å². The highest BCUT2D eigenvalue weighted by molar-refractivity contribution is 5.94. The molecule has 0 spiro atoms. The van der Waals surface area contributed by atoms with Gasteiger partial charge in [-0.1, -0.05) is 0 Å². The van der Waals surface area contributed by atoms with Gasteiger partial charge in [0.2, 0.25) is 0 Å². The standard InChI is InChI=1S/C22H33N3O4/c1-15(2)23-22(27)25-9-6-16(14-25)12-18-13-17(4-5-20(18)28-3)21(26)24-19-7-10-29-11-8-19/h4-5,13,15-16,19H,6-12,14H2,1-3H3,(H,23,27)(H,24,26). The number of ether oxygens (including phenoxy) is 2. The van der Waals surface area contributed by atoms with Crippen molar-refractivity contribution < 1.29 is 19.1 Å². The maximum absolute atomic E-state index is 12.7. The van der Waals surface area contributed by atoms with E-state index in [2.05, 4.69) is 10.6 Å². The predicted molar refractivity (Wildman–Crippen MR) is 111 cm³/mol. The lowest BCUT2D eigenvalue weighted by atomic mass is 9.96. The maximum atomic E-state index is 12.7. The number of urea groups is 1. The minimum Gasteiger partial charge on any atom is -0.496 e. The fourth-order valence-electron chi connectivity index (χ4n) is 4.02. The lowest BCUT2D eigenvalue weighted by molar-refractivity contribution is 0.0696. The molecule has 1 aromatic rings. The Morgan fingerprint density at radius 2 is 2.00 bits per heavy atom. The molecule has 3 amide bonds. The van der Waals surface area contributed by atoms with Crippen LogP contribution in [0, 0.1) is 5.92 Å². The molecule has 160 valence electrons. The summed E-state index contributed by atoms with van der Waals surface area (Å²) < 4.78 is 10.9. The largest absolute Gasteiger partial charge is 0.496 e. The Balaban J connectivity index is 1.63. The number of carbonyl (C=O) groups is 2. The summed E-state index contributed by atoms with van der Waals surface area (Å²) in [4.78, 5) is 26.8. The Morgan fingerprint density at radius 3 is 2.69 bits per heavy atom. The van der Waals surface area contributed by atoms with E-state index in [9.17, 15) is 9.59 Å². The molecule has 7 nitrogen and oxygen atoms in total. The molecule has 0 bridgehead atoms. The second-order valence-electron chi connectivity index (χ2n) is 8.30. The van der Waals surface area contributed by atoms with Crippen LogP contribution in [-0.2, 0) is 11.2 Å². The topological polar surface area (TPSA) is 79.9 Å². The molecule has 0 aromatic heterocycles. The summed E-state index contributed by atoms with van der Waals surface area (Å²) in [6.07, 6.45) is 3.44. The highest BCUT2D eigenvalue weighted by Crippen LogP contribution is 2.27. The van der Waals surface area contributed by atoms with Crippen LogP contribution in [0.4, 0.5) is 4.79 Å². The highest BCUT2D eigenvalue weighted by Gasteiger charge is 2.27. The fraction of sp³-hybridized carbons (Fsp3) is 0.636. The van der Waals surface area contributed by atoms with Gasteiger partial charge in [-0.3, -0.25) is 4.79 Å². The first kappa shape index (κ1) is 21.4. The monoisotopic (exact) mass is 403 g/mol. The van der Waals surface area contributed by atoms with E-state index >= 15 is 0 Å². The SMILES string of the molecule is COc1ccc(C(=O)NC2CCOCC2)cc1CC1CCN(C(=O)NC(C)C)C1. The molecule has 29 heavy (non-hydrogen) atoms. The van der Waals surface area contributed by atoms with Crippen LogP contribution >= 0.6 is 0 Å². The molecule has 2 N–H and O–H groups in total. The van der Waals surface area contributed by atoms with Crippen LogP contribution in [0.5, 0.6) is 5.75 Å². The van der Waals surface area contributed by atoms with Crippen molar-refractivity contribution in [2.24, 2.45) is 5.92 Å². The minimum atomic E-state index is -0.0508. The van der Waals surface area contributed by atoms with Gasteiger partial charge in [0, 0.05) is 44.0 Å². The third-order valence-electron chi connectivity index (χ3n) is 5.59. The van der Waals surface area contributed by atoms with Crippen LogP contribution in [0.2, 0.25) is 0 Å². The molecular weight excluding hydrogens is 370 g/mol. The zero-order valence-corrected chi connectivity index (χ0v) is 17.7. The van der Waals surface area contributed by atoms with Crippen molar-refractivity contribution in [2.75, 3.05) is 33.4 Å². The molecule has 7 heteroatoms. The number of carbonyl (C=O) groups excluding carboxylic acids is 2. The second-order valence-corrected chi connectivity index (χ2v) is 8.30. The molecule has 2 saturated heterocycles. The van der Waals surface area contributed by atoms with E-state index in [1.54, 1.807) is 7.11 Å². The number of nitrogens with zero attached hydrogens (tertiary/aromatic N) is 1. The molecule has 1 unspecified atom stereocenters. The van der Waals surface area contributed by atoms with Gasteiger partial charge in [-0.05, 0) is 69.2 Å². The quantitative estimate of drug-likeness (QED) is 0.765. The Kier molecular flexibility index (Phi) is 7.36. The van der Waals surface area contributed by atoms with E-state index in [4.69, 9.17) is 9.47 Å². The minimum absolute atomic E-state index is 0.000875. The van der Waals surface area contributed by atoms with Crippen LogP contribution in [0.15, 0.2) is 18.2 Å². The molecule has 2 heterocycles. The lowest BCUT2D eigenvalue weighted by Gasteiger charge is -2.23. The van der Waals surface area contributed by atoms with E-state index in [0.29, 0.717) is 24.7 Å². The van der Waals surface area contributed by atoms with Crippen molar-refractivity contribution in [1.82, 2.24) is 15.5 Å². The molecule has 0 saturated carbocycles. The zero-order valence-electron chi connectivity index (χ0n) is 17.7. The first-order chi connectivity index (χ1) is 14.0. The lowest BCUT2D eigenvalue weighted by Crippen LogP contribution is -2.41. The number of hydrogen-bond donors (Lipinski definition) is 2. The van der Waals surface area contributed by atoms with E-state index in [1.807, 2.05) is 36.9 Å². The summed E-state index contributed by atoms with van der Waals surface area (Å²) >= 11 is 0. The van der Waals surface area contributed by atoms with E-state index in [0.717, 1.165) is 50.1 Å². The van der Waals surface area contributed by atoms with Gasteiger partial charge in [0.25, 0.3) is 5.91 Å². The summed E-state index contributed by atoms with van der Waals surface area (Å²) in [5.74, 6) is 1.10. The summed E-state index contributed by atoms with van der Waals surface area (Å²) in [5.41, 5.74) is 1.67. The van der Waals surface area contributed by atoms with Gasteiger partial charge >= 0.3 is 6.03 Å². The Hall–Kier alpha value is -2.28. The first-order valence-corrected chi connectivity index (χ1v) is 10.6. The van der Waals surface area contributed by atoms with Gasteiger partial charge in [0.1, 0.15) is 5.75 Å². The van der Waals surface area contributed by atoms with Gasteiger partial charge in [-0.2, -0.15) is 0 Å². The number of benzene rings is 1. The van der Waals surface area contributed by atoms with Crippen LogP contribution in [0.1, 0.15) is 49.0 Å². The third kappa shape index (κ3) is 5.85. The molecular formula is C22H33N3O4. The highest BCUT2D eigenvalue weighted by atomic mass is 16.5. The molecule has 0 aliphatic carbocycles. The zero-order chi connectivity index (χ0) is 20.8. The Labute approximate surface area is 173 Å². The Morgan fingerprint density at radius 1 is 1.24 bits per heavy atom. The number of amides is 3. The molecule has 1 atom stereocenters. The van der Waals surface area contributed by atoms with Crippen molar-refractivity contribution in [3.8, 4) is 5.75 Å². The van der Waals surface area contributed by atoms with Crippen molar-refractivity contribution in [3.63, 3.8) is 0 Å². The number of hydrogen-bond acceptors (Lipinski definition) is 4. The summed E-state index contributed by atoms with van der Waals surface area (Å²) in [6.45, 7) is 6.80. The molecule has 3 rings (SSSR count). The van der Waals surface area contributed by atoms with E-state index in [1.165, 1.54) is 0 Å². The van der Waals surface area contributed by atoms with Crippen LogP contribution in [0.25, 0.3) is 0 Å². The Bertz CT molecular complexity index is 716. The van der Waals surface area contributed by atoms with Gasteiger partial charge in [-0.25, -0.2) is 4.79 Å². The summed E-state index contributed by atoms with van der Waals surface area (Å²) in [6, 6.07) is 5.92. The molecule has 2 fully saturated rings. The molecule has 2 aliphatic rings. The number of likely N-dealkylation sites (tertiary alicyclic amines) is 1. The van der Waals surface area contributed by atoms with Gasteiger partial charge in [-0.15, -0.1) is 0 Å². The van der Waals surface area contributed by atoms with Gasteiger partial charge < -0.3 is 25.0 Å². The fourth-order valence-corrected chi connectivity index (χ4v) is 4.02. The van der Waals surface area contributed by atoms with Crippen molar-refractivity contribution >= 4 is 11.9 Å². The van der Waals surface area contributed by atoms with Crippen molar-refractivity contribution in [1.29, 1.82) is 0 Å². The smallest absolute Gasteiger partial charge is 0.317 e. The summed E-state index contributed by atoms with van der Waals surface area (Å²) in [5, 5.41) is 6.07. The van der Waals surface area contributed by atoms with Gasteiger partial charge in [0.15, 0.2) is 0 Å². The summed E-state index contributed by atoms with van der Waals surface area (Å²) in [7, 11) is 1.65. The van der Waals surface area contributed by atoms with Gasteiger partial charge in [0.05, 0.1) is 7.11 Å². The normalized spacial score (nSPS) is 20.0. The van der Waals surface area contributed by atoms with Crippen molar-refractivity contribution in [2.45, 2.75) is 51.6 Å². The predicted octanol–water partition coefficient (Wildman–Crippen LogP) is 2.59. The van der Waals surface area contributed by atoms with Crippen LogP contribution < -0.4 is 15.4 Å².